The molecule has 2 saturated heterocycles. The van der Waals surface area contributed by atoms with E-state index in [4.69, 9.17) is 4.74 Å². The normalized spacial score (nSPS) is 19.6. The lowest BCUT2D eigenvalue weighted by atomic mass is 9.98. The molecule has 148 valence electrons. The summed E-state index contributed by atoms with van der Waals surface area (Å²) in [5.74, 6) is 1.12. The fourth-order valence-corrected chi connectivity index (χ4v) is 4.70. The van der Waals surface area contributed by atoms with Crippen molar-refractivity contribution < 1.29 is 14.3 Å². The maximum absolute atomic E-state index is 12.8. The van der Waals surface area contributed by atoms with Crippen molar-refractivity contribution in [3.63, 3.8) is 0 Å². The Morgan fingerprint density at radius 2 is 1.75 bits per heavy atom. The lowest BCUT2D eigenvalue weighted by Crippen LogP contribution is -2.41. The minimum Gasteiger partial charge on any atom is -0.492 e. The first-order chi connectivity index (χ1) is 13.7. The molecule has 1 aromatic heterocycles. The number of amides is 2. The van der Waals surface area contributed by atoms with E-state index in [1.165, 1.54) is 11.3 Å². The number of thiophene rings is 1. The number of benzene rings is 1. The summed E-state index contributed by atoms with van der Waals surface area (Å²) in [4.78, 5) is 30.0. The summed E-state index contributed by atoms with van der Waals surface area (Å²) in [7, 11) is 0. The Hall–Kier alpha value is -2.34. The summed E-state index contributed by atoms with van der Waals surface area (Å²) in [5.41, 5.74) is 0.645. The van der Waals surface area contributed by atoms with Crippen LogP contribution in [-0.2, 0) is 0 Å². The van der Waals surface area contributed by atoms with E-state index in [0.717, 1.165) is 50.2 Å². The molecule has 0 radical (unpaired) electrons. The third-order valence-corrected chi connectivity index (χ3v) is 6.38. The first-order valence-electron chi connectivity index (χ1n) is 10.1. The third kappa shape index (κ3) is 4.22. The Morgan fingerprint density at radius 1 is 0.964 bits per heavy atom. The van der Waals surface area contributed by atoms with E-state index in [0.29, 0.717) is 24.5 Å². The maximum Gasteiger partial charge on any atom is 0.263 e. The predicted molar refractivity (Wildman–Crippen MR) is 110 cm³/mol. The van der Waals surface area contributed by atoms with Crippen molar-refractivity contribution in [3.05, 3.63) is 52.2 Å². The number of piperidine rings is 1. The van der Waals surface area contributed by atoms with Gasteiger partial charge < -0.3 is 14.5 Å². The van der Waals surface area contributed by atoms with Gasteiger partial charge in [0.2, 0.25) is 0 Å². The van der Waals surface area contributed by atoms with Gasteiger partial charge in [0.05, 0.1) is 17.0 Å². The molecule has 2 aliphatic heterocycles. The molecule has 5 nitrogen and oxygen atoms in total. The van der Waals surface area contributed by atoms with Crippen LogP contribution in [-0.4, -0.2) is 54.4 Å². The Labute approximate surface area is 169 Å². The average Bonchev–Trinajstić information content (AvgIpc) is 3.46. The van der Waals surface area contributed by atoms with Crippen LogP contribution in [0.1, 0.15) is 45.7 Å². The molecule has 0 saturated carbocycles. The summed E-state index contributed by atoms with van der Waals surface area (Å²) in [6.45, 7) is 3.69. The minimum atomic E-state index is 0.0613. The van der Waals surface area contributed by atoms with Gasteiger partial charge in [-0.25, -0.2) is 0 Å². The molecule has 2 fully saturated rings. The van der Waals surface area contributed by atoms with Gasteiger partial charge >= 0.3 is 0 Å². The SMILES string of the molecule is O=C(c1cccs1)N1CCCC(COc2ccccc2C(=O)N2CCCC2)C1. The average molecular weight is 399 g/mol. The Kier molecular flexibility index (Phi) is 5.95. The number of carbonyl (C=O) groups is 2. The highest BCUT2D eigenvalue weighted by Crippen LogP contribution is 2.25. The first kappa shape index (κ1) is 19.0. The number of likely N-dealkylation sites (tertiary alicyclic amines) is 2. The van der Waals surface area contributed by atoms with Crippen molar-refractivity contribution in [1.82, 2.24) is 9.80 Å². The van der Waals surface area contributed by atoms with Crippen molar-refractivity contribution in [3.8, 4) is 5.75 Å². The Bertz CT molecular complexity index is 815. The van der Waals surface area contributed by atoms with Crippen LogP contribution >= 0.6 is 11.3 Å². The summed E-state index contributed by atoms with van der Waals surface area (Å²) in [6, 6.07) is 11.3. The van der Waals surface area contributed by atoms with Crippen molar-refractivity contribution in [2.75, 3.05) is 32.8 Å². The van der Waals surface area contributed by atoms with E-state index in [1.54, 1.807) is 0 Å². The fraction of sp³-hybridized carbons (Fsp3) is 0.455. The van der Waals surface area contributed by atoms with Gasteiger partial charge in [-0.2, -0.15) is 0 Å². The number of nitrogens with zero attached hydrogens (tertiary/aromatic N) is 2. The molecule has 28 heavy (non-hydrogen) atoms. The Balaban J connectivity index is 1.38. The van der Waals surface area contributed by atoms with Crippen LogP contribution in [0.15, 0.2) is 41.8 Å². The molecule has 0 bridgehead atoms. The summed E-state index contributed by atoms with van der Waals surface area (Å²) < 4.78 is 6.09. The molecule has 4 rings (SSSR count). The van der Waals surface area contributed by atoms with Crippen molar-refractivity contribution in [2.45, 2.75) is 25.7 Å². The zero-order valence-electron chi connectivity index (χ0n) is 16.0. The molecule has 2 aromatic rings. The van der Waals surface area contributed by atoms with Crippen LogP contribution in [0.2, 0.25) is 0 Å². The van der Waals surface area contributed by atoms with Crippen molar-refractivity contribution >= 4 is 23.2 Å². The van der Waals surface area contributed by atoms with Crippen LogP contribution in [0.5, 0.6) is 5.75 Å². The maximum atomic E-state index is 12.8. The van der Waals surface area contributed by atoms with E-state index >= 15 is 0 Å². The van der Waals surface area contributed by atoms with E-state index < -0.39 is 0 Å². The Morgan fingerprint density at radius 3 is 2.54 bits per heavy atom. The molecule has 3 heterocycles. The number of hydrogen-bond donors (Lipinski definition) is 0. The highest BCUT2D eigenvalue weighted by atomic mass is 32.1. The lowest BCUT2D eigenvalue weighted by Gasteiger charge is -2.32. The third-order valence-electron chi connectivity index (χ3n) is 5.52. The monoisotopic (exact) mass is 398 g/mol. The second-order valence-electron chi connectivity index (χ2n) is 7.54. The standard InChI is InChI=1S/C22H26N2O3S/c25-21(23-11-3-4-12-23)18-8-1-2-9-19(18)27-16-17-7-5-13-24(15-17)22(26)20-10-6-14-28-20/h1-2,6,8-10,14,17H,3-5,7,11-13,15-16H2. The summed E-state index contributed by atoms with van der Waals surface area (Å²) in [6.07, 6.45) is 4.17. The van der Waals surface area contributed by atoms with Crippen LogP contribution < -0.4 is 4.74 Å². The molecule has 1 atom stereocenters. The van der Waals surface area contributed by atoms with Crippen LogP contribution in [0.4, 0.5) is 0 Å². The van der Waals surface area contributed by atoms with Gasteiger partial charge in [0.1, 0.15) is 5.75 Å². The molecule has 0 N–H and O–H groups in total. The van der Waals surface area contributed by atoms with Gasteiger partial charge in [-0.1, -0.05) is 18.2 Å². The van der Waals surface area contributed by atoms with Crippen LogP contribution in [0.25, 0.3) is 0 Å². The van der Waals surface area contributed by atoms with Gasteiger partial charge in [0.25, 0.3) is 11.8 Å². The largest absolute Gasteiger partial charge is 0.492 e. The van der Waals surface area contributed by atoms with Gasteiger partial charge in [-0.05, 0) is 49.3 Å². The summed E-state index contributed by atoms with van der Waals surface area (Å²) >= 11 is 1.49. The minimum absolute atomic E-state index is 0.0613. The van der Waals surface area contributed by atoms with E-state index in [9.17, 15) is 9.59 Å². The number of hydrogen-bond acceptors (Lipinski definition) is 4. The molecule has 1 unspecified atom stereocenters. The smallest absolute Gasteiger partial charge is 0.263 e. The highest BCUT2D eigenvalue weighted by Gasteiger charge is 2.26. The van der Waals surface area contributed by atoms with Gasteiger partial charge in [0.15, 0.2) is 0 Å². The zero-order chi connectivity index (χ0) is 19.3. The number of ether oxygens (including phenoxy) is 1. The van der Waals surface area contributed by atoms with Crippen molar-refractivity contribution in [1.29, 1.82) is 0 Å². The van der Waals surface area contributed by atoms with E-state index in [2.05, 4.69) is 0 Å². The number of para-hydroxylation sites is 1. The zero-order valence-corrected chi connectivity index (χ0v) is 16.8. The quantitative estimate of drug-likeness (QED) is 0.767. The molecule has 0 aliphatic carbocycles. The van der Waals surface area contributed by atoms with Crippen molar-refractivity contribution in [2.24, 2.45) is 5.92 Å². The molecule has 1 aromatic carbocycles. The second kappa shape index (κ2) is 8.78. The van der Waals surface area contributed by atoms with Gasteiger partial charge in [-0.3, -0.25) is 9.59 Å². The molecular formula is C22H26N2O3S. The number of rotatable bonds is 5. The van der Waals surface area contributed by atoms with Crippen LogP contribution in [0.3, 0.4) is 0 Å². The molecular weight excluding hydrogens is 372 g/mol. The van der Waals surface area contributed by atoms with Gasteiger partial charge in [0, 0.05) is 32.1 Å². The lowest BCUT2D eigenvalue weighted by molar-refractivity contribution is 0.0637. The molecule has 2 amide bonds. The molecule has 0 spiro atoms. The second-order valence-corrected chi connectivity index (χ2v) is 8.49. The highest BCUT2D eigenvalue weighted by molar-refractivity contribution is 7.12. The molecule has 2 aliphatic rings. The fourth-order valence-electron chi connectivity index (χ4n) is 4.01. The van der Waals surface area contributed by atoms with E-state index in [-0.39, 0.29) is 17.7 Å². The number of carbonyl (C=O) groups excluding carboxylic acids is 2. The first-order valence-corrected chi connectivity index (χ1v) is 10.9. The van der Waals surface area contributed by atoms with Crippen LogP contribution in [0, 0.1) is 5.92 Å². The molecule has 6 heteroatoms. The predicted octanol–water partition coefficient (Wildman–Crippen LogP) is 3.92. The summed E-state index contributed by atoms with van der Waals surface area (Å²) in [5, 5.41) is 1.94. The van der Waals surface area contributed by atoms with E-state index in [1.807, 2.05) is 51.6 Å². The van der Waals surface area contributed by atoms with Gasteiger partial charge in [-0.15, -0.1) is 11.3 Å². The topological polar surface area (TPSA) is 49.9 Å².